The van der Waals surface area contributed by atoms with Crippen molar-refractivity contribution in [1.29, 1.82) is 0 Å². The van der Waals surface area contributed by atoms with Gasteiger partial charge in [0.15, 0.2) is 12.1 Å². The minimum atomic E-state index is -0.924. The summed E-state index contributed by atoms with van der Waals surface area (Å²) in [5.41, 5.74) is 8.61. The van der Waals surface area contributed by atoms with Crippen molar-refractivity contribution < 1.29 is 19.6 Å². The predicted molar refractivity (Wildman–Crippen MR) is 124 cm³/mol. The van der Waals surface area contributed by atoms with Gasteiger partial charge < -0.3 is 15.7 Å². The fourth-order valence-corrected chi connectivity index (χ4v) is 4.60. The van der Waals surface area contributed by atoms with Crippen molar-refractivity contribution in [2.45, 2.75) is 65.3 Å². The van der Waals surface area contributed by atoms with Crippen molar-refractivity contribution in [3.8, 4) is 0 Å². The second-order valence-corrected chi connectivity index (χ2v) is 8.57. The number of carboxylic acid groups (broad SMARTS) is 1. The minimum Gasteiger partial charge on any atom is -0.480 e. The van der Waals surface area contributed by atoms with Crippen LogP contribution < -0.4 is 10.6 Å². The first-order valence-corrected chi connectivity index (χ1v) is 11.8. The number of nitrogens with two attached hydrogens (primary N) is 1. The number of carboxylic acids is 1. The Morgan fingerprint density at radius 3 is 2.43 bits per heavy atom. The number of quaternary nitrogens is 1. The van der Waals surface area contributed by atoms with Gasteiger partial charge in [0.2, 0.25) is 0 Å². The zero-order valence-electron chi connectivity index (χ0n) is 18.9. The fourth-order valence-electron chi connectivity index (χ4n) is 3.73. The van der Waals surface area contributed by atoms with Crippen LogP contribution in [0.5, 0.6) is 0 Å². The van der Waals surface area contributed by atoms with Gasteiger partial charge >= 0.3 is 5.97 Å². The van der Waals surface area contributed by atoms with Gasteiger partial charge in [0, 0.05) is 6.42 Å². The van der Waals surface area contributed by atoms with E-state index in [1.54, 1.807) is 13.0 Å². The third-order valence-electron chi connectivity index (χ3n) is 5.34. The summed E-state index contributed by atoms with van der Waals surface area (Å²) >= 11 is 1.46. The molecule has 2 unspecified atom stereocenters. The van der Waals surface area contributed by atoms with Gasteiger partial charge in [-0.2, -0.15) is 0 Å². The molecule has 0 aromatic heterocycles. The number of piperidine rings is 1. The number of carbonyl (C=O) groups excluding carboxylic acids is 1. The lowest BCUT2D eigenvalue weighted by Crippen LogP contribution is -3.09. The third-order valence-corrected chi connectivity index (χ3v) is 6.39. The molecule has 3 rings (SSSR count). The van der Waals surface area contributed by atoms with Crippen LogP contribution in [0, 0.1) is 0 Å². The van der Waals surface area contributed by atoms with E-state index in [1.807, 2.05) is 25.3 Å². The molecule has 0 spiro atoms. The van der Waals surface area contributed by atoms with E-state index in [2.05, 4.69) is 23.8 Å². The van der Waals surface area contributed by atoms with Gasteiger partial charge in [-0.3, -0.25) is 9.69 Å². The number of amides is 1. The zero-order valence-corrected chi connectivity index (χ0v) is 19.7. The van der Waals surface area contributed by atoms with Gasteiger partial charge in [-0.1, -0.05) is 32.0 Å². The van der Waals surface area contributed by atoms with E-state index in [4.69, 9.17) is 5.73 Å². The number of hydrogen-bond acceptors (Lipinski definition) is 4. The number of hydrogen-bond donors (Lipinski definition) is 3. The van der Waals surface area contributed by atoms with Crippen LogP contribution in [0.2, 0.25) is 0 Å². The molecule has 0 aromatic rings. The summed E-state index contributed by atoms with van der Waals surface area (Å²) in [5.74, 6) is -0.996. The average Bonchev–Trinajstić information content (AvgIpc) is 2.76. The molecule has 6 nitrogen and oxygen atoms in total. The lowest BCUT2D eigenvalue weighted by molar-refractivity contribution is -0.841. The van der Waals surface area contributed by atoms with E-state index >= 15 is 0 Å². The smallest absolute Gasteiger partial charge is 0.329 e. The van der Waals surface area contributed by atoms with Crippen LogP contribution >= 0.6 is 11.8 Å². The van der Waals surface area contributed by atoms with Gasteiger partial charge in [-0.25, -0.2) is 4.79 Å². The molecule has 0 saturated carbocycles. The highest BCUT2D eigenvalue weighted by molar-refractivity contribution is 8.06. The molecule has 168 valence electrons. The van der Waals surface area contributed by atoms with E-state index in [0.717, 1.165) is 37.4 Å². The summed E-state index contributed by atoms with van der Waals surface area (Å²) in [7, 11) is 0. The molecule has 0 radical (unpaired) electrons. The van der Waals surface area contributed by atoms with Crippen LogP contribution in [0.1, 0.15) is 59.8 Å². The Hall–Kier alpha value is -1.79. The predicted octanol–water partition coefficient (Wildman–Crippen LogP) is 2.70. The summed E-state index contributed by atoms with van der Waals surface area (Å²) < 4.78 is 0. The van der Waals surface area contributed by atoms with E-state index < -0.39 is 11.5 Å². The summed E-state index contributed by atoms with van der Waals surface area (Å²) in [4.78, 5) is 26.3. The lowest BCUT2D eigenvalue weighted by Gasteiger charge is -2.40. The average molecular weight is 437 g/mol. The molecule has 4 N–H and O–H groups in total. The maximum absolute atomic E-state index is 11.7. The summed E-state index contributed by atoms with van der Waals surface area (Å²) in [6, 6.07) is 0. The molecule has 7 heteroatoms. The number of thioether (sulfide) groups is 1. The number of rotatable bonds is 5. The Morgan fingerprint density at radius 1 is 1.27 bits per heavy atom. The van der Waals surface area contributed by atoms with Crippen molar-refractivity contribution >= 4 is 23.6 Å². The quantitative estimate of drug-likeness (QED) is 0.577. The molecule has 1 amide bonds. The maximum Gasteiger partial charge on any atom is 0.329 e. The lowest BCUT2D eigenvalue weighted by atomic mass is 9.96. The molecule has 0 aliphatic carbocycles. The van der Waals surface area contributed by atoms with Crippen molar-refractivity contribution in [1.82, 2.24) is 4.90 Å². The highest BCUT2D eigenvalue weighted by atomic mass is 32.2. The molecule has 2 atom stereocenters. The number of carbonyl (C=O) groups is 2. The van der Waals surface area contributed by atoms with Crippen molar-refractivity contribution in [2.24, 2.45) is 5.73 Å². The van der Waals surface area contributed by atoms with Gasteiger partial charge in [-0.05, 0) is 69.3 Å². The summed E-state index contributed by atoms with van der Waals surface area (Å²) in [6.45, 7) is 11.1. The largest absolute Gasteiger partial charge is 0.480 e. The van der Waals surface area contributed by atoms with E-state index in [-0.39, 0.29) is 5.91 Å². The monoisotopic (exact) mass is 436 g/mol. The minimum absolute atomic E-state index is 0.217. The van der Waals surface area contributed by atoms with Gasteiger partial charge in [-0.15, -0.1) is 5.73 Å². The Labute approximate surface area is 185 Å². The maximum atomic E-state index is 11.7. The first-order valence-electron chi connectivity index (χ1n) is 10.9. The Morgan fingerprint density at radius 2 is 1.93 bits per heavy atom. The molecule has 1 fully saturated rings. The molecule has 0 bridgehead atoms. The first kappa shape index (κ1) is 26.2. The van der Waals surface area contributed by atoms with Crippen LogP contribution in [0.3, 0.4) is 0 Å². The Bertz CT molecular complexity index is 704. The first-order chi connectivity index (χ1) is 14.3. The second-order valence-electron chi connectivity index (χ2n) is 7.66. The topological polar surface area (TPSA) is 88.1 Å². The van der Waals surface area contributed by atoms with Crippen LogP contribution in [-0.4, -0.2) is 53.6 Å². The van der Waals surface area contributed by atoms with Crippen LogP contribution in [-0.2, 0) is 9.59 Å². The van der Waals surface area contributed by atoms with Crippen molar-refractivity contribution in [3.05, 3.63) is 40.0 Å². The fraction of sp³-hybridized carbons (Fsp3) is 0.609. The van der Waals surface area contributed by atoms with Crippen molar-refractivity contribution in [3.63, 3.8) is 0 Å². The number of likely N-dealkylation sites (tertiary alicyclic amines) is 1. The molecule has 30 heavy (non-hydrogen) atoms. The standard InChI is InChI=1S/C13H17NO2S.C8H14N2O.C2H6/c1-13(12(15)16,11-7-3-6-10-17-11)14-8-4-2-5-9-14;1-7-3-2-4-10(5-7)6-8(9)11;1-2/h3,6,10H,2,4-5,8-9H2,1H3,(H,15,16);5H,2-4,6H2,1H3,(H2,9,11);1-2H3/p+1. The van der Waals surface area contributed by atoms with E-state index in [1.165, 1.54) is 41.5 Å². The van der Waals surface area contributed by atoms with Crippen LogP contribution in [0.4, 0.5) is 0 Å². The summed E-state index contributed by atoms with van der Waals surface area (Å²) in [6.07, 6.45) is 11.5. The van der Waals surface area contributed by atoms with Gasteiger partial charge in [0.05, 0.1) is 17.6 Å². The molecule has 3 aliphatic heterocycles. The Kier molecular flexibility index (Phi) is 11.8. The number of aliphatic carboxylic acids is 1. The normalized spacial score (nSPS) is 22.9. The highest BCUT2D eigenvalue weighted by Crippen LogP contribution is 2.36. The molecule has 3 heterocycles. The molecule has 1 saturated heterocycles. The van der Waals surface area contributed by atoms with Crippen LogP contribution in [0.25, 0.3) is 0 Å². The molecule has 3 aliphatic rings. The van der Waals surface area contributed by atoms with Gasteiger partial charge in [0.25, 0.3) is 5.91 Å². The van der Waals surface area contributed by atoms with Crippen LogP contribution in [0.15, 0.2) is 40.0 Å². The summed E-state index contributed by atoms with van der Waals surface area (Å²) in [5, 5.41) is 11.5. The Balaban J connectivity index is 0.000000300. The van der Waals surface area contributed by atoms with E-state index in [0.29, 0.717) is 6.54 Å². The van der Waals surface area contributed by atoms with E-state index in [9.17, 15) is 14.7 Å². The third kappa shape index (κ3) is 7.80. The number of allylic oxidation sites excluding steroid dienone is 2. The number of primary amides is 1. The zero-order chi connectivity index (χ0) is 22.6. The molecular formula is C23H38N3O3S+. The van der Waals surface area contributed by atoms with Gasteiger partial charge in [0.1, 0.15) is 0 Å². The SMILES string of the molecule is CC.CC(C(=O)O)(C1=C=CC=CS1)N1CCCCC1.CC1=C[NH+](CC(N)=O)CCC1. The number of nitrogens with one attached hydrogen (secondary N) is 1. The number of nitrogens with zero attached hydrogens (tertiary/aromatic N) is 1. The molecule has 0 aromatic carbocycles. The van der Waals surface area contributed by atoms with Crippen molar-refractivity contribution in [2.75, 3.05) is 26.2 Å². The molecular weight excluding hydrogens is 398 g/mol. The second kappa shape index (κ2) is 13.5. The highest BCUT2D eigenvalue weighted by Gasteiger charge is 2.44.